The van der Waals surface area contributed by atoms with Crippen LogP contribution in [0.25, 0.3) is 0 Å². The minimum absolute atomic E-state index is 0.340. The number of aliphatic imine (C=N–C) groups is 1. The molecule has 0 N–H and O–H groups in total. The summed E-state index contributed by atoms with van der Waals surface area (Å²) >= 11 is 8.82. The number of hydrogen-bond acceptors (Lipinski definition) is 4. The van der Waals surface area contributed by atoms with Crippen LogP contribution in [0.15, 0.2) is 45.0 Å². The number of halogens is 1. The van der Waals surface area contributed by atoms with Gasteiger partial charge < -0.3 is 14.7 Å². The summed E-state index contributed by atoms with van der Waals surface area (Å²) in [7, 11) is 3.75. The largest absolute Gasteiger partial charge is 0.372 e. The lowest BCUT2D eigenvalue weighted by Crippen LogP contribution is -2.30. The van der Waals surface area contributed by atoms with Gasteiger partial charge in [-0.1, -0.05) is 28.1 Å². The van der Waals surface area contributed by atoms with E-state index in [1.807, 2.05) is 21.0 Å². The molecule has 1 heterocycles. The van der Waals surface area contributed by atoms with Crippen molar-refractivity contribution in [2.24, 2.45) is 4.99 Å². The number of thiocarbonyl (C=S) groups is 1. The Hall–Kier alpha value is -1.91. The third-order valence-corrected chi connectivity index (χ3v) is 5.09. The van der Waals surface area contributed by atoms with Gasteiger partial charge in [-0.2, -0.15) is 5.26 Å². The number of nitriles is 1. The number of nitrogens with zero attached hydrogens (tertiary/aromatic N) is 5. The van der Waals surface area contributed by atoms with Gasteiger partial charge in [-0.05, 0) is 37.6 Å². The first kappa shape index (κ1) is 20.4. The van der Waals surface area contributed by atoms with Gasteiger partial charge in [0.15, 0.2) is 0 Å². The molecule has 0 radical (unpaired) electrons. The minimum Gasteiger partial charge on any atom is -0.372 e. The Bertz CT molecular complexity index is 733. The lowest BCUT2D eigenvalue weighted by atomic mass is 10.2. The monoisotopic (exact) mass is 433 g/mol. The van der Waals surface area contributed by atoms with Gasteiger partial charge in [0.1, 0.15) is 16.6 Å². The van der Waals surface area contributed by atoms with Crippen molar-refractivity contribution in [2.45, 2.75) is 13.3 Å². The summed E-state index contributed by atoms with van der Waals surface area (Å²) < 4.78 is 1.09. The molecule has 1 aliphatic heterocycles. The molecule has 0 aromatic heterocycles. The third kappa shape index (κ3) is 5.55. The fourth-order valence-electron chi connectivity index (χ4n) is 2.84. The van der Waals surface area contributed by atoms with E-state index in [9.17, 15) is 5.26 Å². The second-order valence-electron chi connectivity index (χ2n) is 6.39. The maximum atomic E-state index is 9.56. The van der Waals surface area contributed by atoms with Gasteiger partial charge in [-0.3, -0.25) is 0 Å². The number of rotatable bonds is 4. The van der Waals surface area contributed by atoms with E-state index < -0.39 is 0 Å². The normalized spacial score (nSPS) is 16.1. The quantitative estimate of drug-likeness (QED) is 0.238. The Morgan fingerprint density at radius 2 is 1.92 bits per heavy atom. The zero-order valence-electron chi connectivity index (χ0n) is 15.4. The molecule has 0 atom stereocenters. The van der Waals surface area contributed by atoms with Crippen LogP contribution in [-0.4, -0.2) is 61.4 Å². The lowest BCUT2D eigenvalue weighted by molar-refractivity contribution is 0.369. The molecular formula is C19H24BrN5S. The molecule has 1 fully saturated rings. The molecule has 2 rings (SSSR count). The Labute approximate surface area is 169 Å². The van der Waals surface area contributed by atoms with Gasteiger partial charge in [-0.15, -0.1) is 0 Å². The maximum Gasteiger partial charge on any atom is 0.147 e. The molecule has 1 aromatic rings. The van der Waals surface area contributed by atoms with Crippen LogP contribution < -0.4 is 4.90 Å². The average Bonchev–Trinajstić information content (AvgIpc) is 2.87. The summed E-state index contributed by atoms with van der Waals surface area (Å²) in [6.07, 6.45) is 2.66. The van der Waals surface area contributed by atoms with Crippen LogP contribution >= 0.6 is 28.1 Å². The topological polar surface area (TPSA) is 45.9 Å². The predicted octanol–water partition coefficient (Wildman–Crippen LogP) is 3.68. The molecule has 1 saturated heterocycles. The van der Waals surface area contributed by atoms with E-state index in [1.165, 1.54) is 5.69 Å². The van der Waals surface area contributed by atoms with Crippen molar-refractivity contribution in [3.8, 4) is 6.07 Å². The lowest BCUT2D eigenvalue weighted by Gasteiger charge is -2.26. The molecule has 0 saturated carbocycles. The molecule has 26 heavy (non-hydrogen) atoms. The molecule has 5 nitrogen and oxygen atoms in total. The average molecular weight is 434 g/mol. The van der Waals surface area contributed by atoms with Crippen molar-refractivity contribution in [1.82, 2.24) is 9.80 Å². The fourth-order valence-corrected chi connectivity index (χ4v) is 3.34. The Balaban J connectivity index is 2.12. The summed E-state index contributed by atoms with van der Waals surface area (Å²) in [6, 6.07) is 10.6. The van der Waals surface area contributed by atoms with E-state index in [1.54, 1.807) is 11.2 Å². The van der Waals surface area contributed by atoms with Gasteiger partial charge >= 0.3 is 0 Å². The van der Waals surface area contributed by atoms with Crippen LogP contribution in [0.1, 0.15) is 13.3 Å². The van der Waals surface area contributed by atoms with Crippen molar-refractivity contribution >= 4 is 45.2 Å². The van der Waals surface area contributed by atoms with E-state index >= 15 is 0 Å². The molecule has 0 spiro atoms. The molecule has 0 amide bonds. The summed E-state index contributed by atoms with van der Waals surface area (Å²) in [4.78, 5) is 11.0. The summed E-state index contributed by atoms with van der Waals surface area (Å²) in [5.74, 6) is 0. The smallest absolute Gasteiger partial charge is 0.147 e. The van der Waals surface area contributed by atoms with Crippen LogP contribution in [0, 0.1) is 11.3 Å². The van der Waals surface area contributed by atoms with Gasteiger partial charge in [0.2, 0.25) is 0 Å². The molecule has 0 bridgehead atoms. The maximum absolute atomic E-state index is 9.56. The molecule has 0 aliphatic carbocycles. The molecule has 1 aliphatic rings. The molecule has 7 heteroatoms. The Kier molecular flexibility index (Phi) is 7.61. The number of hydrogen-bond donors (Lipinski definition) is 0. The number of anilines is 1. The zero-order chi connectivity index (χ0) is 19.1. The van der Waals surface area contributed by atoms with E-state index in [-0.39, 0.29) is 0 Å². The molecular weight excluding hydrogens is 410 g/mol. The third-order valence-electron chi connectivity index (χ3n) is 4.26. The predicted molar refractivity (Wildman–Crippen MR) is 116 cm³/mol. The molecule has 1 aromatic carbocycles. The Morgan fingerprint density at radius 1 is 1.23 bits per heavy atom. The SMILES string of the molecule is C/C(=C(\C#N)C(=S)N=CN(C)C)N1CCCN(c2ccc(Br)cc2)CC1. The van der Waals surface area contributed by atoms with Crippen molar-refractivity contribution < 1.29 is 0 Å². The fraction of sp³-hybridized carbons (Fsp3) is 0.421. The first-order valence-electron chi connectivity index (χ1n) is 8.53. The first-order chi connectivity index (χ1) is 12.4. The van der Waals surface area contributed by atoms with Gasteiger partial charge in [0.05, 0.1) is 6.34 Å². The van der Waals surface area contributed by atoms with E-state index in [2.05, 4.69) is 61.1 Å². The van der Waals surface area contributed by atoms with Crippen LogP contribution in [0.3, 0.4) is 0 Å². The van der Waals surface area contributed by atoms with Crippen LogP contribution in [0.4, 0.5) is 5.69 Å². The summed E-state index contributed by atoms with van der Waals surface area (Å²) in [5.41, 5.74) is 2.62. The highest BCUT2D eigenvalue weighted by Gasteiger charge is 2.19. The summed E-state index contributed by atoms with van der Waals surface area (Å²) in [6.45, 7) is 5.63. The van der Waals surface area contributed by atoms with Gasteiger partial charge in [0.25, 0.3) is 0 Å². The second-order valence-corrected chi connectivity index (χ2v) is 7.69. The standard InChI is InChI=1S/C19H24BrN5S/c1-15(18(13-21)19(26)22-14-23(2)3)24-9-4-10-25(12-11-24)17-7-5-16(20)6-8-17/h5-8,14H,4,9-12H2,1-3H3/b18-15-,22-14?. The zero-order valence-corrected chi connectivity index (χ0v) is 17.8. The van der Waals surface area contributed by atoms with Crippen LogP contribution in [0.2, 0.25) is 0 Å². The van der Waals surface area contributed by atoms with E-state index in [0.29, 0.717) is 10.6 Å². The van der Waals surface area contributed by atoms with E-state index in [0.717, 1.165) is 42.8 Å². The van der Waals surface area contributed by atoms with Crippen LogP contribution in [-0.2, 0) is 0 Å². The minimum atomic E-state index is 0.340. The van der Waals surface area contributed by atoms with Crippen molar-refractivity contribution in [2.75, 3.05) is 45.2 Å². The van der Waals surface area contributed by atoms with Crippen molar-refractivity contribution in [3.05, 3.63) is 40.0 Å². The van der Waals surface area contributed by atoms with Crippen LogP contribution in [0.5, 0.6) is 0 Å². The molecule has 0 unspecified atom stereocenters. The number of benzene rings is 1. The van der Waals surface area contributed by atoms with Gasteiger partial charge in [0, 0.05) is 56.1 Å². The van der Waals surface area contributed by atoms with E-state index in [4.69, 9.17) is 12.2 Å². The first-order valence-corrected chi connectivity index (χ1v) is 9.74. The van der Waals surface area contributed by atoms with Crippen molar-refractivity contribution in [1.29, 1.82) is 5.26 Å². The highest BCUT2D eigenvalue weighted by molar-refractivity contribution is 9.10. The van der Waals surface area contributed by atoms with Gasteiger partial charge in [-0.25, -0.2) is 4.99 Å². The number of allylic oxidation sites excluding steroid dienone is 1. The van der Waals surface area contributed by atoms with Crippen molar-refractivity contribution in [3.63, 3.8) is 0 Å². The highest BCUT2D eigenvalue weighted by Crippen LogP contribution is 2.21. The molecule has 138 valence electrons. The second kappa shape index (κ2) is 9.70. The Morgan fingerprint density at radius 3 is 2.54 bits per heavy atom. The highest BCUT2D eigenvalue weighted by atomic mass is 79.9. The summed E-state index contributed by atoms with van der Waals surface area (Å²) in [5, 5.41) is 9.56.